The van der Waals surface area contributed by atoms with Crippen molar-refractivity contribution in [1.29, 1.82) is 0 Å². The molecule has 1 aliphatic rings. The molecule has 0 saturated carbocycles. The van der Waals surface area contributed by atoms with Gasteiger partial charge in [-0.1, -0.05) is 6.08 Å². The summed E-state index contributed by atoms with van der Waals surface area (Å²) in [5.41, 5.74) is -2.36. The Morgan fingerprint density at radius 3 is 2.00 bits per heavy atom. The van der Waals surface area contributed by atoms with Crippen molar-refractivity contribution in [1.82, 2.24) is 0 Å². The maximum atomic E-state index is 12.8. The normalized spacial score (nSPS) is 14.9. The van der Waals surface area contributed by atoms with Crippen molar-refractivity contribution in [3.63, 3.8) is 0 Å². The SMILES string of the molecule is COc1ccc(S(=O)(=O)CCOS(=O)(=O)O)cc1N=Nc1ccc(N=Nc2c(O)cc(C(=O)O)c(/N=N/C3C=CC(S(=O)(=O)CCOS(=O)(=O)O)=C3)c2O)cc1NC(C)=O. The average molecular weight is 918 g/mol. The first kappa shape index (κ1) is 46.6. The first-order valence-corrected chi connectivity index (χ1v) is 22.2. The highest BCUT2D eigenvalue weighted by molar-refractivity contribution is 7.95. The third-order valence-corrected chi connectivity index (χ3v) is 11.7. The lowest BCUT2D eigenvalue weighted by Gasteiger charge is -2.09. The highest BCUT2D eigenvalue weighted by Gasteiger charge is 2.25. The Morgan fingerprint density at radius 2 is 1.40 bits per heavy atom. The molecule has 0 aliphatic heterocycles. The van der Waals surface area contributed by atoms with E-state index in [1.807, 2.05) is 0 Å². The van der Waals surface area contributed by atoms with Crippen LogP contribution < -0.4 is 10.1 Å². The number of amides is 1. The van der Waals surface area contributed by atoms with Gasteiger partial charge in [-0.15, -0.1) is 15.3 Å². The second-order valence-electron chi connectivity index (χ2n) is 11.7. The molecule has 25 nitrogen and oxygen atoms in total. The van der Waals surface area contributed by atoms with Gasteiger partial charge in [0.2, 0.25) is 5.91 Å². The molecule has 0 spiro atoms. The molecule has 0 heterocycles. The number of carbonyl (C=O) groups excluding carboxylic acids is 1. The van der Waals surface area contributed by atoms with Crippen LogP contribution >= 0.6 is 0 Å². The second kappa shape index (κ2) is 18.9. The maximum Gasteiger partial charge on any atom is 0.397 e. The average Bonchev–Trinajstić information content (AvgIpc) is 3.62. The third kappa shape index (κ3) is 13.0. The Morgan fingerprint density at radius 1 is 0.767 bits per heavy atom. The number of carboxylic acid groups (broad SMARTS) is 1. The molecule has 1 atom stereocenters. The Labute approximate surface area is 340 Å². The molecule has 322 valence electrons. The number of azo groups is 3. The van der Waals surface area contributed by atoms with Crippen LogP contribution in [0.3, 0.4) is 0 Å². The van der Waals surface area contributed by atoms with Crippen molar-refractivity contribution >= 4 is 86.5 Å². The van der Waals surface area contributed by atoms with Crippen molar-refractivity contribution in [2.24, 2.45) is 30.7 Å². The van der Waals surface area contributed by atoms with Crippen molar-refractivity contribution < 1.29 is 80.8 Å². The van der Waals surface area contributed by atoms with Crippen molar-refractivity contribution in [3.05, 3.63) is 71.2 Å². The maximum absolute atomic E-state index is 12.8. The Kier molecular flexibility index (Phi) is 14.7. The predicted molar refractivity (Wildman–Crippen MR) is 205 cm³/mol. The molecule has 6 N–H and O–H groups in total. The molecule has 0 aromatic heterocycles. The standard InChI is InChI=1S/C31H31N7O18S4/c1-17(39)32-24-14-19(4-7-23(24)35-36-25-15-21(6-8-27(25)54-2)58(46,47)12-10-56-60(51,52)53)34-38-29-26(40)16-22(31(42)43)28(30(29)41)37-33-18-3-5-20(13-18)57(44,45)11-9-55-59(48,49)50/h3-8,13-16,18,40-41H,9-12H2,1-2H3,(H,32,39)(H,42,43)(H,48,49,50)(H,51,52,53)/b36-35?,37-33+,38-34?. The lowest BCUT2D eigenvalue weighted by atomic mass is 10.1. The number of rotatable bonds is 19. The number of carboxylic acids is 1. The third-order valence-electron chi connectivity index (χ3n) is 7.40. The van der Waals surface area contributed by atoms with E-state index in [2.05, 4.69) is 44.4 Å². The van der Waals surface area contributed by atoms with E-state index in [0.717, 1.165) is 31.2 Å². The number of hydrogen-bond donors (Lipinski definition) is 6. The molecule has 0 bridgehead atoms. The Bertz CT molecular complexity index is 2810. The molecule has 0 saturated heterocycles. The van der Waals surface area contributed by atoms with Gasteiger partial charge in [-0.3, -0.25) is 13.9 Å². The van der Waals surface area contributed by atoms with E-state index in [4.69, 9.17) is 13.8 Å². The van der Waals surface area contributed by atoms with Gasteiger partial charge in [0.15, 0.2) is 31.1 Å². The van der Waals surface area contributed by atoms with Crippen LogP contribution in [-0.2, 0) is 53.6 Å². The first-order chi connectivity index (χ1) is 27.9. The van der Waals surface area contributed by atoms with Gasteiger partial charge in [0, 0.05) is 6.92 Å². The predicted octanol–water partition coefficient (Wildman–Crippen LogP) is 4.33. The molecule has 0 radical (unpaired) electrons. The van der Waals surface area contributed by atoms with Crippen molar-refractivity contribution in [3.8, 4) is 17.2 Å². The molecule has 4 rings (SSSR count). The minimum Gasteiger partial charge on any atom is -0.505 e. The number of phenolic OH excluding ortho intramolecular Hbond substituents is 2. The fourth-order valence-electron chi connectivity index (χ4n) is 4.73. The molecule has 0 fully saturated rings. The zero-order valence-corrected chi connectivity index (χ0v) is 33.8. The highest BCUT2D eigenvalue weighted by Crippen LogP contribution is 2.47. The van der Waals surface area contributed by atoms with Gasteiger partial charge >= 0.3 is 26.8 Å². The van der Waals surface area contributed by atoms with E-state index in [1.165, 1.54) is 37.5 Å². The van der Waals surface area contributed by atoms with Crippen LogP contribution in [0.5, 0.6) is 17.2 Å². The number of methoxy groups -OCH3 is 1. The summed E-state index contributed by atoms with van der Waals surface area (Å²) in [6.45, 7) is -0.616. The van der Waals surface area contributed by atoms with Crippen molar-refractivity contribution in [2.45, 2.75) is 17.9 Å². The summed E-state index contributed by atoms with van der Waals surface area (Å²) in [5.74, 6) is -5.76. The lowest BCUT2D eigenvalue weighted by molar-refractivity contribution is -0.114. The summed E-state index contributed by atoms with van der Waals surface area (Å²) in [5, 5.41) is 57.1. The number of benzene rings is 3. The summed E-state index contributed by atoms with van der Waals surface area (Å²) in [6, 6.07) is 6.82. The van der Waals surface area contributed by atoms with Gasteiger partial charge in [0.1, 0.15) is 34.6 Å². The minimum absolute atomic E-state index is 0.0161. The number of nitrogens with zero attached hydrogens (tertiary/aromatic N) is 6. The zero-order valence-electron chi connectivity index (χ0n) is 30.5. The molecule has 1 aliphatic carbocycles. The number of aromatic hydroxyl groups is 2. The van der Waals surface area contributed by atoms with E-state index < -0.39 is 112 Å². The molecule has 3 aromatic carbocycles. The smallest absolute Gasteiger partial charge is 0.397 e. The van der Waals surface area contributed by atoms with E-state index in [-0.39, 0.29) is 38.3 Å². The van der Waals surface area contributed by atoms with Crippen LogP contribution in [0.15, 0.2) is 101 Å². The number of carbonyl (C=O) groups is 2. The fourth-order valence-corrected chi connectivity index (χ4v) is 7.80. The van der Waals surface area contributed by atoms with Gasteiger partial charge in [-0.25, -0.2) is 30.0 Å². The lowest BCUT2D eigenvalue weighted by Crippen LogP contribution is -2.15. The fraction of sp³-hybridized carbons (Fsp3) is 0.226. The Balaban J connectivity index is 1.63. The number of hydrogen-bond acceptors (Lipinski definition) is 21. The first-order valence-electron chi connectivity index (χ1n) is 16.1. The van der Waals surface area contributed by atoms with Crippen LogP contribution in [0.4, 0.5) is 34.1 Å². The number of aromatic carboxylic acids is 1. The van der Waals surface area contributed by atoms with Crippen LogP contribution in [-0.4, -0.2) is 108 Å². The molecule has 60 heavy (non-hydrogen) atoms. The summed E-state index contributed by atoms with van der Waals surface area (Å²) in [6.07, 6.45) is 3.39. The van der Waals surface area contributed by atoms with E-state index >= 15 is 0 Å². The number of sulfone groups is 2. The minimum atomic E-state index is -4.89. The zero-order chi connectivity index (χ0) is 44.6. The van der Waals surface area contributed by atoms with E-state index in [0.29, 0.717) is 6.07 Å². The number of nitrogens with one attached hydrogen (secondary N) is 1. The van der Waals surface area contributed by atoms with Crippen molar-refractivity contribution in [2.75, 3.05) is 37.1 Å². The van der Waals surface area contributed by atoms with Gasteiger partial charge in [0.05, 0.1) is 58.6 Å². The summed E-state index contributed by atoms with van der Waals surface area (Å²) in [4.78, 5) is 23.4. The summed E-state index contributed by atoms with van der Waals surface area (Å²) >= 11 is 0. The van der Waals surface area contributed by atoms with Crippen LogP contribution in [0.2, 0.25) is 0 Å². The van der Waals surface area contributed by atoms with Crippen LogP contribution in [0.1, 0.15) is 17.3 Å². The number of ether oxygens (including phenoxy) is 1. The largest absolute Gasteiger partial charge is 0.505 e. The molecule has 3 aromatic rings. The molecular formula is C31H31N7O18S4. The summed E-state index contributed by atoms with van der Waals surface area (Å²) < 4.78 is 124. The topological polar surface area (TPSA) is 386 Å². The van der Waals surface area contributed by atoms with E-state index in [1.54, 1.807) is 0 Å². The summed E-state index contributed by atoms with van der Waals surface area (Å²) in [7, 11) is -16.8. The second-order valence-corrected chi connectivity index (χ2v) is 18.1. The van der Waals surface area contributed by atoms with E-state index in [9.17, 15) is 58.6 Å². The quantitative estimate of drug-likeness (QED) is 0.0719. The number of phenols is 2. The molecule has 1 unspecified atom stereocenters. The number of anilines is 1. The molecular weight excluding hydrogens is 887 g/mol. The van der Waals surface area contributed by atoms with Gasteiger partial charge in [-0.2, -0.15) is 32.2 Å². The van der Waals surface area contributed by atoms with Crippen LogP contribution in [0.25, 0.3) is 0 Å². The molecule has 1 amide bonds. The van der Waals surface area contributed by atoms with Gasteiger partial charge < -0.3 is 25.4 Å². The van der Waals surface area contributed by atoms with Crippen LogP contribution in [0, 0.1) is 0 Å². The number of allylic oxidation sites excluding steroid dienone is 1. The monoisotopic (exact) mass is 917 g/mol. The highest BCUT2D eigenvalue weighted by atomic mass is 32.3. The van der Waals surface area contributed by atoms with Gasteiger partial charge in [0.25, 0.3) is 0 Å². The molecule has 29 heteroatoms. The Hall–Kier alpha value is -6.08. The van der Waals surface area contributed by atoms with Gasteiger partial charge in [-0.05, 0) is 54.6 Å².